The first-order chi connectivity index (χ1) is 10.2. The van der Waals surface area contributed by atoms with E-state index in [2.05, 4.69) is 56.2 Å². The number of nitrogens with zero attached hydrogens (tertiary/aromatic N) is 2. The lowest BCUT2D eigenvalue weighted by Gasteiger charge is -2.39. The highest BCUT2D eigenvalue weighted by Gasteiger charge is 2.35. The van der Waals surface area contributed by atoms with E-state index in [0.717, 1.165) is 50.0 Å². The van der Waals surface area contributed by atoms with E-state index in [4.69, 9.17) is 0 Å². The highest BCUT2D eigenvalue weighted by Crippen LogP contribution is 2.31. The summed E-state index contributed by atoms with van der Waals surface area (Å²) in [6.45, 7) is 6.74. The maximum Gasteiger partial charge on any atom is 0.223 e. The number of carbonyl (C=O) groups is 1. The highest BCUT2D eigenvalue weighted by molar-refractivity contribution is 9.10. The van der Waals surface area contributed by atoms with Crippen LogP contribution < -0.4 is 10.2 Å². The molecule has 1 unspecified atom stereocenters. The average molecular weight is 352 g/mol. The average Bonchev–Trinajstić information content (AvgIpc) is 2.86. The van der Waals surface area contributed by atoms with Gasteiger partial charge in [0.25, 0.3) is 0 Å². The minimum atomic E-state index is 0.333. The number of piperazine rings is 1. The van der Waals surface area contributed by atoms with Gasteiger partial charge < -0.3 is 15.1 Å². The van der Waals surface area contributed by atoms with Gasteiger partial charge in [0.1, 0.15) is 0 Å². The number of rotatable bonds is 4. The Kier molecular flexibility index (Phi) is 4.50. The number of hydrogen-bond donors (Lipinski definition) is 1. The van der Waals surface area contributed by atoms with Crippen LogP contribution in [-0.2, 0) is 11.3 Å². The van der Waals surface area contributed by atoms with Crippen molar-refractivity contribution >= 4 is 27.5 Å². The van der Waals surface area contributed by atoms with Crippen molar-refractivity contribution < 1.29 is 4.79 Å². The third-order valence-corrected chi connectivity index (χ3v) is 5.06. The Balaban J connectivity index is 1.71. The largest absolute Gasteiger partial charge is 0.367 e. The molecule has 0 radical (unpaired) electrons. The molecule has 2 aliphatic rings. The Morgan fingerprint density at radius 1 is 1.38 bits per heavy atom. The first-order valence-corrected chi connectivity index (χ1v) is 8.52. The van der Waals surface area contributed by atoms with Gasteiger partial charge in [-0.3, -0.25) is 4.79 Å². The molecule has 2 saturated heterocycles. The van der Waals surface area contributed by atoms with E-state index >= 15 is 0 Å². The van der Waals surface area contributed by atoms with Crippen molar-refractivity contribution in [3.8, 4) is 0 Å². The van der Waals surface area contributed by atoms with E-state index in [0.29, 0.717) is 11.9 Å². The van der Waals surface area contributed by atoms with Crippen LogP contribution in [0.1, 0.15) is 25.3 Å². The molecule has 0 spiro atoms. The number of amides is 1. The van der Waals surface area contributed by atoms with Crippen molar-refractivity contribution in [1.29, 1.82) is 0 Å². The van der Waals surface area contributed by atoms with Crippen molar-refractivity contribution in [2.45, 2.75) is 32.4 Å². The molecule has 3 rings (SSSR count). The zero-order valence-corrected chi connectivity index (χ0v) is 14.0. The summed E-state index contributed by atoms with van der Waals surface area (Å²) < 4.78 is 1.15. The lowest BCUT2D eigenvalue weighted by atomic mass is 10.1. The lowest BCUT2D eigenvalue weighted by Crippen LogP contribution is -2.51. The van der Waals surface area contributed by atoms with Crippen molar-refractivity contribution in [3.63, 3.8) is 0 Å². The van der Waals surface area contributed by atoms with Gasteiger partial charge >= 0.3 is 0 Å². The van der Waals surface area contributed by atoms with E-state index in [1.54, 1.807) is 0 Å². The van der Waals surface area contributed by atoms with Crippen molar-refractivity contribution in [1.82, 2.24) is 10.2 Å². The second kappa shape index (κ2) is 6.36. The molecule has 0 bridgehead atoms. The minimum Gasteiger partial charge on any atom is -0.367 e. The molecule has 1 aromatic carbocycles. The molecule has 114 valence electrons. The molecular formula is C16H22BrN3O. The third-order valence-electron chi connectivity index (χ3n) is 4.43. The topological polar surface area (TPSA) is 35.6 Å². The second-order valence-corrected chi connectivity index (χ2v) is 6.65. The summed E-state index contributed by atoms with van der Waals surface area (Å²) in [5.41, 5.74) is 2.54. The van der Waals surface area contributed by atoms with E-state index in [-0.39, 0.29) is 0 Å². The summed E-state index contributed by atoms with van der Waals surface area (Å²) in [7, 11) is 0. The summed E-state index contributed by atoms with van der Waals surface area (Å²) in [5, 5.41) is 3.35. The monoisotopic (exact) mass is 351 g/mol. The van der Waals surface area contributed by atoms with E-state index in [9.17, 15) is 4.79 Å². The molecule has 21 heavy (non-hydrogen) atoms. The van der Waals surface area contributed by atoms with Gasteiger partial charge in [-0.05, 0) is 46.6 Å². The SMILES string of the molecule is CCNCc1ccc(N2CCN3C(=O)CCC3C2)c(Br)c1. The molecule has 1 aromatic rings. The number of hydrogen-bond acceptors (Lipinski definition) is 3. The maximum atomic E-state index is 11.8. The highest BCUT2D eigenvalue weighted by atomic mass is 79.9. The number of benzene rings is 1. The molecule has 4 nitrogen and oxygen atoms in total. The van der Waals surface area contributed by atoms with Gasteiger partial charge in [0.2, 0.25) is 5.91 Å². The van der Waals surface area contributed by atoms with Crippen LogP contribution in [-0.4, -0.2) is 43.0 Å². The van der Waals surface area contributed by atoms with E-state index in [1.807, 2.05) is 0 Å². The fraction of sp³-hybridized carbons (Fsp3) is 0.562. The molecule has 0 saturated carbocycles. The van der Waals surface area contributed by atoms with Crippen molar-refractivity contribution in [3.05, 3.63) is 28.2 Å². The Hall–Kier alpha value is -1.07. The van der Waals surface area contributed by atoms with Crippen LogP contribution in [0.15, 0.2) is 22.7 Å². The predicted molar refractivity (Wildman–Crippen MR) is 88.5 cm³/mol. The van der Waals surface area contributed by atoms with Gasteiger partial charge in [-0.25, -0.2) is 0 Å². The van der Waals surface area contributed by atoms with Crippen LogP contribution in [0.4, 0.5) is 5.69 Å². The van der Waals surface area contributed by atoms with Crippen LogP contribution in [0.2, 0.25) is 0 Å². The van der Waals surface area contributed by atoms with Crippen LogP contribution in [0, 0.1) is 0 Å². The molecule has 2 fully saturated rings. The number of nitrogens with one attached hydrogen (secondary N) is 1. The van der Waals surface area contributed by atoms with Gasteiger partial charge in [0, 0.05) is 43.1 Å². The number of halogens is 1. The van der Waals surface area contributed by atoms with Crippen LogP contribution >= 0.6 is 15.9 Å². The van der Waals surface area contributed by atoms with Gasteiger partial charge in [0.15, 0.2) is 0 Å². The van der Waals surface area contributed by atoms with Crippen LogP contribution in [0.5, 0.6) is 0 Å². The lowest BCUT2D eigenvalue weighted by molar-refractivity contribution is -0.129. The maximum absolute atomic E-state index is 11.8. The second-order valence-electron chi connectivity index (χ2n) is 5.79. The summed E-state index contributed by atoms with van der Waals surface area (Å²) in [6, 6.07) is 6.99. The Morgan fingerprint density at radius 2 is 2.24 bits per heavy atom. The zero-order valence-electron chi connectivity index (χ0n) is 12.4. The molecule has 1 atom stereocenters. The summed E-state index contributed by atoms with van der Waals surface area (Å²) in [6.07, 6.45) is 1.73. The van der Waals surface area contributed by atoms with Gasteiger partial charge in [-0.1, -0.05) is 13.0 Å². The number of anilines is 1. The normalized spacial score (nSPS) is 21.8. The van der Waals surface area contributed by atoms with Crippen LogP contribution in [0.25, 0.3) is 0 Å². The van der Waals surface area contributed by atoms with Crippen molar-refractivity contribution in [2.75, 3.05) is 31.1 Å². The third kappa shape index (κ3) is 3.09. The summed E-state index contributed by atoms with van der Waals surface area (Å²) in [4.78, 5) is 16.2. The smallest absolute Gasteiger partial charge is 0.223 e. The molecule has 5 heteroatoms. The van der Waals surface area contributed by atoms with E-state index in [1.165, 1.54) is 11.3 Å². The first-order valence-electron chi connectivity index (χ1n) is 7.72. The summed E-state index contributed by atoms with van der Waals surface area (Å²) >= 11 is 3.71. The molecule has 1 amide bonds. The Bertz CT molecular complexity index is 534. The molecular weight excluding hydrogens is 330 g/mol. The van der Waals surface area contributed by atoms with Gasteiger partial charge in [-0.2, -0.15) is 0 Å². The fourth-order valence-corrected chi connectivity index (χ4v) is 3.95. The Labute approximate surface area is 134 Å². The van der Waals surface area contributed by atoms with E-state index < -0.39 is 0 Å². The molecule has 2 heterocycles. The molecule has 1 N–H and O–H groups in total. The van der Waals surface area contributed by atoms with Crippen molar-refractivity contribution in [2.24, 2.45) is 0 Å². The van der Waals surface area contributed by atoms with Gasteiger partial charge in [0.05, 0.1) is 5.69 Å². The fourth-order valence-electron chi connectivity index (χ4n) is 3.27. The van der Waals surface area contributed by atoms with Gasteiger partial charge in [-0.15, -0.1) is 0 Å². The van der Waals surface area contributed by atoms with Crippen LogP contribution in [0.3, 0.4) is 0 Å². The molecule has 2 aliphatic heterocycles. The number of carbonyl (C=O) groups excluding carboxylic acids is 1. The zero-order chi connectivity index (χ0) is 14.8. The Morgan fingerprint density at radius 3 is 3.00 bits per heavy atom. The number of fused-ring (bicyclic) bond motifs is 1. The minimum absolute atomic E-state index is 0.333. The quantitative estimate of drug-likeness (QED) is 0.904. The first kappa shape index (κ1) is 14.9. The summed E-state index contributed by atoms with van der Waals surface area (Å²) in [5.74, 6) is 0.333. The predicted octanol–water partition coefficient (Wildman–Crippen LogP) is 2.37. The molecule has 0 aromatic heterocycles. The molecule has 0 aliphatic carbocycles. The standard InChI is InChI=1S/C16H22BrN3O/c1-2-18-10-12-3-5-15(14(17)9-12)19-7-8-20-13(11-19)4-6-16(20)21/h3,5,9,13,18H,2,4,6-8,10-11H2,1H3.